The number of hydrogen-bond acceptors (Lipinski definition) is 2. The van der Waals surface area contributed by atoms with Crippen molar-refractivity contribution in [2.45, 2.75) is 20.8 Å². The molecule has 2 heteroatoms. The fourth-order valence-electron chi connectivity index (χ4n) is 3.45. The molecule has 0 atom stereocenters. The highest BCUT2D eigenvalue weighted by molar-refractivity contribution is 6.03. The van der Waals surface area contributed by atoms with Crippen LogP contribution < -0.4 is 9.80 Å². The monoisotopic (exact) mass is 332 g/mol. The van der Waals surface area contributed by atoms with Crippen molar-refractivity contribution in [3.8, 4) is 11.1 Å². The Bertz CT molecular complexity index is 832. The summed E-state index contributed by atoms with van der Waals surface area (Å²) in [4.78, 5) is 4.68. The summed E-state index contributed by atoms with van der Waals surface area (Å²) >= 11 is 0. The minimum atomic E-state index is 1.01. The third-order valence-electron chi connectivity index (χ3n) is 5.10. The van der Waals surface area contributed by atoms with Gasteiger partial charge in [-0.15, -0.1) is 0 Å². The van der Waals surface area contributed by atoms with Crippen LogP contribution in [0.2, 0.25) is 0 Å². The summed E-state index contributed by atoms with van der Waals surface area (Å²) in [6.45, 7) is 9.67. The molecule has 0 N–H and O–H groups in total. The molecular weight excluding hydrogens is 304 g/mol. The minimum absolute atomic E-state index is 1.01. The lowest BCUT2D eigenvalue weighted by atomic mass is 9.96. The maximum absolute atomic E-state index is 2.42. The number of benzene rings is 3. The van der Waals surface area contributed by atoms with Crippen LogP contribution in [0, 0.1) is 0 Å². The molecule has 0 bridgehead atoms. The topological polar surface area (TPSA) is 6.48 Å². The molecule has 0 heterocycles. The van der Waals surface area contributed by atoms with Crippen LogP contribution in [0.4, 0.5) is 11.4 Å². The van der Waals surface area contributed by atoms with Crippen molar-refractivity contribution in [1.29, 1.82) is 0 Å². The predicted molar refractivity (Wildman–Crippen MR) is 112 cm³/mol. The molecule has 0 saturated heterocycles. The second kappa shape index (κ2) is 7.60. The van der Waals surface area contributed by atoms with Crippen LogP contribution in [-0.2, 0) is 0 Å². The molecule has 0 amide bonds. The van der Waals surface area contributed by atoms with E-state index in [9.17, 15) is 0 Å². The Morgan fingerprint density at radius 1 is 0.680 bits per heavy atom. The first-order valence-corrected chi connectivity index (χ1v) is 9.27. The number of anilines is 2. The van der Waals surface area contributed by atoms with Gasteiger partial charge >= 0.3 is 0 Å². The van der Waals surface area contributed by atoms with Crippen molar-refractivity contribution in [2.24, 2.45) is 0 Å². The highest BCUT2D eigenvalue weighted by Gasteiger charge is 2.11. The molecule has 0 aliphatic rings. The van der Waals surface area contributed by atoms with Crippen molar-refractivity contribution < 1.29 is 0 Å². The van der Waals surface area contributed by atoms with E-state index in [4.69, 9.17) is 0 Å². The summed E-state index contributed by atoms with van der Waals surface area (Å²) in [5, 5.41) is 2.65. The SMILES string of the molecule is CCN(C)c1ccc(-c2ccc(N(CC)CC)c3ccccc23)cc1. The van der Waals surface area contributed by atoms with Gasteiger partial charge in [0.15, 0.2) is 0 Å². The third-order valence-corrected chi connectivity index (χ3v) is 5.10. The Morgan fingerprint density at radius 2 is 1.32 bits per heavy atom. The highest BCUT2D eigenvalue weighted by Crippen LogP contribution is 2.35. The standard InChI is InChI=1S/C23H28N2/c1-5-24(4)19-14-12-18(13-15-19)20-16-17-23(25(6-2)7-3)22-11-9-8-10-21(20)22/h8-17H,5-7H2,1-4H3. The number of hydrogen-bond donors (Lipinski definition) is 0. The molecule has 25 heavy (non-hydrogen) atoms. The summed E-state index contributed by atoms with van der Waals surface area (Å²) in [7, 11) is 2.13. The number of nitrogens with zero attached hydrogens (tertiary/aromatic N) is 2. The summed E-state index contributed by atoms with van der Waals surface area (Å²) < 4.78 is 0. The van der Waals surface area contributed by atoms with Crippen molar-refractivity contribution in [2.75, 3.05) is 36.5 Å². The Labute approximate surface area is 151 Å². The third kappa shape index (κ3) is 3.34. The van der Waals surface area contributed by atoms with Gasteiger partial charge in [-0.2, -0.15) is 0 Å². The largest absolute Gasteiger partial charge is 0.375 e. The second-order valence-electron chi connectivity index (χ2n) is 6.41. The van der Waals surface area contributed by atoms with Gasteiger partial charge in [0, 0.05) is 43.4 Å². The normalized spacial score (nSPS) is 10.9. The lowest BCUT2D eigenvalue weighted by molar-refractivity contribution is 0.871. The van der Waals surface area contributed by atoms with Crippen LogP contribution >= 0.6 is 0 Å². The molecule has 2 nitrogen and oxygen atoms in total. The summed E-state index contributed by atoms with van der Waals surface area (Å²) in [6.07, 6.45) is 0. The van der Waals surface area contributed by atoms with E-state index in [2.05, 4.69) is 98.3 Å². The zero-order valence-corrected chi connectivity index (χ0v) is 15.8. The maximum atomic E-state index is 2.42. The highest BCUT2D eigenvalue weighted by atomic mass is 15.1. The zero-order valence-electron chi connectivity index (χ0n) is 15.8. The van der Waals surface area contributed by atoms with Gasteiger partial charge in [0.05, 0.1) is 0 Å². The first-order chi connectivity index (χ1) is 12.2. The van der Waals surface area contributed by atoms with E-state index in [1.165, 1.54) is 33.3 Å². The smallest absolute Gasteiger partial charge is 0.0446 e. The van der Waals surface area contributed by atoms with Crippen molar-refractivity contribution in [3.05, 3.63) is 60.7 Å². The fourth-order valence-corrected chi connectivity index (χ4v) is 3.45. The molecule has 0 spiro atoms. The number of fused-ring (bicyclic) bond motifs is 1. The van der Waals surface area contributed by atoms with Gasteiger partial charge in [0.25, 0.3) is 0 Å². The van der Waals surface area contributed by atoms with Crippen LogP contribution in [0.3, 0.4) is 0 Å². The van der Waals surface area contributed by atoms with E-state index >= 15 is 0 Å². The molecule has 0 radical (unpaired) electrons. The van der Waals surface area contributed by atoms with Crippen LogP contribution in [0.5, 0.6) is 0 Å². The van der Waals surface area contributed by atoms with Gasteiger partial charge in [-0.1, -0.05) is 42.5 Å². The van der Waals surface area contributed by atoms with E-state index in [-0.39, 0.29) is 0 Å². The van der Waals surface area contributed by atoms with Gasteiger partial charge < -0.3 is 9.80 Å². The van der Waals surface area contributed by atoms with Crippen molar-refractivity contribution >= 4 is 22.1 Å². The van der Waals surface area contributed by atoms with Gasteiger partial charge in [0.1, 0.15) is 0 Å². The molecule has 3 aromatic carbocycles. The zero-order chi connectivity index (χ0) is 17.8. The van der Waals surface area contributed by atoms with E-state index in [1.807, 2.05) is 0 Å². The van der Waals surface area contributed by atoms with E-state index in [0.29, 0.717) is 0 Å². The quantitative estimate of drug-likeness (QED) is 0.562. The summed E-state index contributed by atoms with van der Waals surface area (Å²) in [6, 6.07) is 22.2. The van der Waals surface area contributed by atoms with Gasteiger partial charge in [-0.05, 0) is 55.5 Å². The van der Waals surface area contributed by atoms with Crippen LogP contribution in [0.1, 0.15) is 20.8 Å². The van der Waals surface area contributed by atoms with Crippen molar-refractivity contribution in [3.63, 3.8) is 0 Å². The Kier molecular flexibility index (Phi) is 5.28. The van der Waals surface area contributed by atoms with Crippen molar-refractivity contribution in [1.82, 2.24) is 0 Å². The van der Waals surface area contributed by atoms with E-state index in [1.54, 1.807) is 0 Å². The van der Waals surface area contributed by atoms with Gasteiger partial charge in [0.2, 0.25) is 0 Å². The second-order valence-corrected chi connectivity index (χ2v) is 6.41. The molecule has 0 aliphatic heterocycles. The number of rotatable bonds is 6. The Morgan fingerprint density at radius 3 is 1.92 bits per heavy atom. The van der Waals surface area contributed by atoms with Gasteiger partial charge in [-0.25, -0.2) is 0 Å². The minimum Gasteiger partial charge on any atom is -0.375 e. The molecular formula is C23H28N2. The average molecular weight is 332 g/mol. The van der Waals surface area contributed by atoms with E-state index < -0.39 is 0 Å². The predicted octanol–water partition coefficient (Wildman–Crippen LogP) is 5.81. The Balaban J connectivity index is 2.10. The van der Waals surface area contributed by atoms with Crippen LogP contribution in [0.15, 0.2) is 60.7 Å². The molecule has 0 aliphatic carbocycles. The fraction of sp³-hybridized carbons (Fsp3) is 0.304. The molecule has 0 unspecified atom stereocenters. The molecule has 130 valence electrons. The first-order valence-electron chi connectivity index (χ1n) is 9.27. The lowest BCUT2D eigenvalue weighted by Crippen LogP contribution is -2.22. The Hall–Kier alpha value is -2.48. The summed E-state index contributed by atoms with van der Waals surface area (Å²) in [5.74, 6) is 0. The maximum Gasteiger partial charge on any atom is 0.0446 e. The van der Waals surface area contributed by atoms with E-state index in [0.717, 1.165) is 19.6 Å². The van der Waals surface area contributed by atoms with Gasteiger partial charge in [-0.3, -0.25) is 0 Å². The molecule has 0 fully saturated rings. The summed E-state index contributed by atoms with van der Waals surface area (Å²) in [5.41, 5.74) is 5.16. The average Bonchev–Trinajstić information content (AvgIpc) is 2.68. The molecule has 0 saturated carbocycles. The van der Waals surface area contributed by atoms with Crippen LogP contribution in [0.25, 0.3) is 21.9 Å². The molecule has 3 rings (SSSR count). The lowest BCUT2D eigenvalue weighted by Gasteiger charge is -2.24. The molecule has 0 aromatic heterocycles. The van der Waals surface area contributed by atoms with Crippen LogP contribution in [-0.4, -0.2) is 26.7 Å². The molecule has 3 aromatic rings. The first kappa shape index (κ1) is 17.3.